The monoisotopic (exact) mass is 304 g/mol. The summed E-state index contributed by atoms with van der Waals surface area (Å²) >= 11 is 0. The lowest BCUT2D eigenvalue weighted by atomic mass is 10.1. The predicted molar refractivity (Wildman–Crippen MR) is 77.4 cm³/mol. The highest BCUT2D eigenvalue weighted by Gasteiger charge is 2.18. The van der Waals surface area contributed by atoms with E-state index in [-0.39, 0.29) is 25.6 Å². The van der Waals surface area contributed by atoms with E-state index in [1.54, 1.807) is 30.5 Å². The van der Waals surface area contributed by atoms with E-state index >= 15 is 0 Å². The number of rotatable bonds is 7. The summed E-state index contributed by atoms with van der Waals surface area (Å²) in [6.45, 7) is 0.118. The number of methoxy groups -OCH3 is 1. The van der Waals surface area contributed by atoms with Crippen molar-refractivity contribution in [3.8, 4) is 11.3 Å². The number of oxazole rings is 1. The summed E-state index contributed by atoms with van der Waals surface area (Å²) in [5, 5.41) is 8.89. The third-order valence-electron chi connectivity index (χ3n) is 3.03. The Labute approximate surface area is 127 Å². The van der Waals surface area contributed by atoms with Crippen LogP contribution < -0.4 is 0 Å². The van der Waals surface area contributed by atoms with Crippen LogP contribution in [-0.2, 0) is 9.53 Å². The van der Waals surface area contributed by atoms with Crippen LogP contribution in [0.15, 0.2) is 41.3 Å². The zero-order valence-corrected chi connectivity index (χ0v) is 12.1. The van der Waals surface area contributed by atoms with Crippen LogP contribution >= 0.6 is 0 Å². The minimum Gasteiger partial charge on any atom is -0.480 e. The average Bonchev–Trinajstić information content (AvgIpc) is 3.05. The van der Waals surface area contributed by atoms with Crippen LogP contribution in [0.4, 0.5) is 0 Å². The first-order chi connectivity index (χ1) is 10.6. The van der Waals surface area contributed by atoms with E-state index in [9.17, 15) is 9.59 Å². The van der Waals surface area contributed by atoms with Gasteiger partial charge in [-0.1, -0.05) is 12.1 Å². The number of aliphatic carboxylic acids is 1. The molecular formula is C15H16N2O5. The molecule has 7 heteroatoms. The van der Waals surface area contributed by atoms with Gasteiger partial charge in [0.05, 0.1) is 12.8 Å². The van der Waals surface area contributed by atoms with Gasteiger partial charge in [-0.2, -0.15) is 0 Å². The molecule has 22 heavy (non-hydrogen) atoms. The van der Waals surface area contributed by atoms with Crippen molar-refractivity contribution in [2.75, 3.05) is 26.8 Å². The van der Waals surface area contributed by atoms with Gasteiger partial charge in [-0.25, -0.2) is 4.98 Å². The fourth-order valence-electron chi connectivity index (χ4n) is 1.94. The number of hydrogen-bond donors (Lipinski definition) is 1. The second-order valence-electron chi connectivity index (χ2n) is 4.56. The Bertz CT molecular complexity index is 622. The number of carbonyl (C=O) groups excluding carboxylic acids is 1. The summed E-state index contributed by atoms with van der Waals surface area (Å²) in [6.07, 6.45) is 2.90. The zero-order valence-electron chi connectivity index (χ0n) is 12.1. The Kier molecular flexibility index (Phi) is 5.26. The molecule has 0 spiro atoms. The second-order valence-corrected chi connectivity index (χ2v) is 4.56. The largest absolute Gasteiger partial charge is 0.480 e. The maximum Gasteiger partial charge on any atom is 0.323 e. The number of carboxylic acid groups (broad SMARTS) is 1. The van der Waals surface area contributed by atoms with Crippen LogP contribution in [-0.4, -0.2) is 53.7 Å². The lowest BCUT2D eigenvalue weighted by Crippen LogP contribution is -2.37. The van der Waals surface area contributed by atoms with Crippen molar-refractivity contribution in [3.63, 3.8) is 0 Å². The molecular weight excluding hydrogens is 288 g/mol. The molecule has 1 aromatic heterocycles. The molecule has 0 saturated carbocycles. The van der Waals surface area contributed by atoms with Gasteiger partial charge in [-0.3, -0.25) is 9.59 Å². The SMILES string of the molecule is COCCN(CC(=O)O)C(=O)c1ccc(-c2cnco2)cc1. The van der Waals surface area contributed by atoms with Crippen molar-refractivity contribution in [1.82, 2.24) is 9.88 Å². The lowest BCUT2D eigenvalue weighted by molar-refractivity contribution is -0.137. The Morgan fingerprint density at radius 1 is 1.32 bits per heavy atom. The van der Waals surface area contributed by atoms with E-state index < -0.39 is 5.97 Å². The number of ether oxygens (including phenoxy) is 1. The van der Waals surface area contributed by atoms with Crippen LogP contribution in [0.25, 0.3) is 11.3 Å². The molecule has 0 saturated heterocycles. The van der Waals surface area contributed by atoms with Crippen LogP contribution in [0.2, 0.25) is 0 Å². The van der Waals surface area contributed by atoms with E-state index in [1.807, 2.05) is 0 Å². The molecule has 116 valence electrons. The van der Waals surface area contributed by atoms with Crippen molar-refractivity contribution in [1.29, 1.82) is 0 Å². The summed E-state index contributed by atoms with van der Waals surface area (Å²) in [6, 6.07) is 6.70. The van der Waals surface area contributed by atoms with Crippen LogP contribution in [0.5, 0.6) is 0 Å². The number of benzene rings is 1. The van der Waals surface area contributed by atoms with Gasteiger partial charge in [0.25, 0.3) is 5.91 Å². The smallest absolute Gasteiger partial charge is 0.323 e. The maximum atomic E-state index is 12.4. The van der Waals surface area contributed by atoms with Crippen molar-refractivity contribution in [3.05, 3.63) is 42.4 Å². The molecule has 0 aliphatic rings. The van der Waals surface area contributed by atoms with Gasteiger partial charge in [0.2, 0.25) is 0 Å². The van der Waals surface area contributed by atoms with Crippen molar-refractivity contribution >= 4 is 11.9 Å². The summed E-state index contributed by atoms with van der Waals surface area (Å²) in [7, 11) is 1.50. The predicted octanol–water partition coefficient (Wildman–Crippen LogP) is 1.51. The molecule has 1 aromatic carbocycles. The first kappa shape index (κ1) is 15.7. The molecule has 0 atom stereocenters. The topological polar surface area (TPSA) is 92.9 Å². The molecule has 0 fully saturated rings. The van der Waals surface area contributed by atoms with Gasteiger partial charge in [-0.05, 0) is 12.1 Å². The van der Waals surface area contributed by atoms with E-state index in [2.05, 4.69) is 4.98 Å². The maximum absolute atomic E-state index is 12.4. The molecule has 2 aromatic rings. The molecule has 0 aliphatic heterocycles. The highest BCUT2D eigenvalue weighted by atomic mass is 16.5. The second kappa shape index (κ2) is 7.37. The third kappa shape index (κ3) is 3.92. The minimum atomic E-state index is -1.07. The van der Waals surface area contributed by atoms with Crippen LogP contribution in [0.1, 0.15) is 10.4 Å². The molecule has 0 unspecified atom stereocenters. The summed E-state index contributed by atoms with van der Waals surface area (Å²) < 4.78 is 10.1. The van der Waals surface area contributed by atoms with Gasteiger partial charge in [0.15, 0.2) is 12.2 Å². The Morgan fingerprint density at radius 2 is 2.05 bits per heavy atom. The Hall–Kier alpha value is -2.67. The number of hydrogen-bond acceptors (Lipinski definition) is 5. The summed E-state index contributed by atoms with van der Waals surface area (Å²) in [5.74, 6) is -0.827. The molecule has 1 N–H and O–H groups in total. The van der Waals surface area contributed by atoms with E-state index in [0.717, 1.165) is 5.56 Å². The standard InChI is InChI=1S/C15H16N2O5/c1-21-7-6-17(9-14(18)19)15(20)12-4-2-11(3-5-12)13-8-16-10-22-13/h2-5,8,10H,6-7,9H2,1H3,(H,18,19). The number of nitrogens with zero attached hydrogens (tertiary/aromatic N) is 2. The van der Waals surface area contributed by atoms with E-state index in [4.69, 9.17) is 14.3 Å². The number of amides is 1. The molecule has 0 aliphatic carbocycles. The average molecular weight is 304 g/mol. The number of carboxylic acids is 1. The molecule has 2 rings (SSSR count). The first-order valence-electron chi connectivity index (χ1n) is 6.60. The van der Waals surface area contributed by atoms with Gasteiger partial charge in [-0.15, -0.1) is 0 Å². The van der Waals surface area contributed by atoms with E-state index in [0.29, 0.717) is 11.3 Å². The first-order valence-corrected chi connectivity index (χ1v) is 6.60. The van der Waals surface area contributed by atoms with Crippen molar-refractivity contribution < 1.29 is 23.8 Å². The molecule has 7 nitrogen and oxygen atoms in total. The highest BCUT2D eigenvalue weighted by Crippen LogP contribution is 2.19. The van der Waals surface area contributed by atoms with Gasteiger partial charge < -0.3 is 19.2 Å². The summed E-state index contributed by atoms with van der Waals surface area (Å²) in [4.78, 5) is 28.3. The lowest BCUT2D eigenvalue weighted by Gasteiger charge is -2.20. The van der Waals surface area contributed by atoms with Crippen LogP contribution in [0, 0.1) is 0 Å². The van der Waals surface area contributed by atoms with Gasteiger partial charge in [0.1, 0.15) is 6.54 Å². The molecule has 0 bridgehead atoms. The van der Waals surface area contributed by atoms with Crippen LogP contribution in [0.3, 0.4) is 0 Å². The minimum absolute atomic E-state index is 0.214. The Morgan fingerprint density at radius 3 is 2.59 bits per heavy atom. The summed E-state index contributed by atoms with van der Waals surface area (Å²) in [5.41, 5.74) is 1.19. The number of aromatic nitrogens is 1. The highest BCUT2D eigenvalue weighted by molar-refractivity contribution is 5.96. The zero-order chi connectivity index (χ0) is 15.9. The van der Waals surface area contributed by atoms with Gasteiger partial charge >= 0.3 is 5.97 Å². The molecule has 1 amide bonds. The third-order valence-corrected chi connectivity index (χ3v) is 3.03. The van der Waals surface area contributed by atoms with Crippen molar-refractivity contribution in [2.24, 2.45) is 0 Å². The quantitative estimate of drug-likeness (QED) is 0.833. The molecule has 0 radical (unpaired) electrons. The fraction of sp³-hybridized carbons (Fsp3) is 0.267. The normalized spacial score (nSPS) is 10.4. The van der Waals surface area contributed by atoms with Crippen molar-refractivity contribution in [2.45, 2.75) is 0 Å². The molecule has 1 heterocycles. The Balaban J connectivity index is 2.13. The fourth-order valence-corrected chi connectivity index (χ4v) is 1.94. The number of carbonyl (C=O) groups is 2. The van der Waals surface area contributed by atoms with Gasteiger partial charge in [0, 0.05) is 24.8 Å². The van der Waals surface area contributed by atoms with E-state index in [1.165, 1.54) is 18.4 Å².